The highest BCUT2D eigenvalue weighted by Crippen LogP contribution is 2.21. The first-order valence-electron chi connectivity index (χ1n) is 9.30. The highest BCUT2D eigenvalue weighted by molar-refractivity contribution is 5.98. The lowest BCUT2D eigenvalue weighted by Gasteiger charge is -2.31. The van der Waals surface area contributed by atoms with Gasteiger partial charge in [0.25, 0.3) is 5.91 Å². The molecule has 1 saturated heterocycles. The molecule has 6 nitrogen and oxygen atoms in total. The summed E-state index contributed by atoms with van der Waals surface area (Å²) in [5.74, 6) is -0.823. The number of benzene rings is 2. The number of likely N-dealkylation sites (tertiary alicyclic amines) is 1. The number of nitrogens with one attached hydrogen (secondary N) is 1. The molecule has 0 saturated carbocycles. The van der Waals surface area contributed by atoms with E-state index in [1.165, 1.54) is 0 Å². The van der Waals surface area contributed by atoms with Gasteiger partial charge in [0.1, 0.15) is 11.1 Å². The number of rotatable bonds is 3. The van der Waals surface area contributed by atoms with Crippen molar-refractivity contribution in [1.29, 1.82) is 0 Å². The lowest BCUT2D eigenvalue weighted by atomic mass is 9.96. The van der Waals surface area contributed by atoms with E-state index in [0.717, 1.165) is 5.69 Å². The maximum Gasteiger partial charge on any atom is 0.349 e. The van der Waals surface area contributed by atoms with Crippen LogP contribution in [0.2, 0.25) is 0 Å². The summed E-state index contributed by atoms with van der Waals surface area (Å²) < 4.78 is 5.28. The van der Waals surface area contributed by atoms with Crippen LogP contribution in [-0.4, -0.2) is 29.8 Å². The van der Waals surface area contributed by atoms with Crippen LogP contribution in [0.4, 0.5) is 5.69 Å². The summed E-state index contributed by atoms with van der Waals surface area (Å²) in [6.07, 6.45) is 1.41. The minimum absolute atomic E-state index is 0.00261. The van der Waals surface area contributed by atoms with Crippen molar-refractivity contribution in [3.63, 3.8) is 0 Å². The Hall–Kier alpha value is -3.41. The van der Waals surface area contributed by atoms with Crippen molar-refractivity contribution in [2.45, 2.75) is 12.8 Å². The standard InChI is InChI=1S/C22H20N2O4/c25-20(23-17-9-2-1-3-10-17)16-8-6-12-24(14-16)21(26)18-13-15-7-4-5-11-19(15)28-22(18)27/h1-5,7,9-11,13,16H,6,8,12,14H2,(H,23,25). The summed E-state index contributed by atoms with van der Waals surface area (Å²) in [6, 6.07) is 17.9. The number of para-hydroxylation sites is 2. The van der Waals surface area contributed by atoms with E-state index in [1.54, 1.807) is 29.2 Å². The van der Waals surface area contributed by atoms with Crippen molar-refractivity contribution < 1.29 is 14.0 Å². The Bertz CT molecular complexity index is 1070. The molecule has 0 spiro atoms. The number of anilines is 1. The smallest absolute Gasteiger partial charge is 0.349 e. The van der Waals surface area contributed by atoms with Gasteiger partial charge >= 0.3 is 5.63 Å². The Balaban J connectivity index is 1.51. The lowest BCUT2D eigenvalue weighted by molar-refractivity contribution is -0.121. The minimum Gasteiger partial charge on any atom is -0.422 e. The largest absolute Gasteiger partial charge is 0.422 e. The summed E-state index contributed by atoms with van der Waals surface area (Å²) >= 11 is 0. The molecular weight excluding hydrogens is 356 g/mol. The fourth-order valence-corrected chi connectivity index (χ4v) is 3.52. The van der Waals surface area contributed by atoms with Gasteiger partial charge in [0.2, 0.25) is 5.91 Å². The summed E-state index contributed by atoms with van der Waals surface area (Å²) in [4.78, 5) is 39.4. The van der Waals surface area contributed by atoms with Crippen molar-refractivity contribution in [3.8, 4) is 0 Å². The molecular formula is C22H20N2O4. The molecule has 4 rings (SSSR count). The number of nitrogens with zero attached hydrogens (tertiary/aromatic N) is 1. The molecule has 0 aliphatic carbocycles. The number of fused-ring (bicyclic) bond motifs is 1. The molecule has 142 valence electrons. The van der Waals surface area contributed by atoms with Crippen LogP contribution >= 0.6 is 0 Å². The Morgan fingerprint density at radius 2 is 1.79 bits per heavy atom. The fraction of sp³-hybridized carbons (Fsp3) is 0.227. The van der Waals surface area contributed by atoms with E-state index in [0.29, 0.717) is 30.4 Å². The first-order chi connectivity index (χ1) is 13.6. The second kappa shape index (κ2) is 7.68. The molecule has 2 aromatic carbocycles. The van der Waals surface area contributed by atoms with Crippen LogP contribution in [-0.2, 0) is 4.79 Å². The zero-order chi connectivity index (χ0) is 19.5. The quantitative estimate of drug-likeness (QED) is 0.712. The average molecular weight is 376 g/mol. The molecule has 0 radical (unpaired) electrons. The van der Waals surface area contributed by atoms with E-state index >= 15 is 0 Å². The van der Waals surface area contributed by atoms with Crippen molar-refractivity contribution >= 4 is 28.5 Å². The maximum atomic E-state index is 12.9. The van der Waals surface area contributed by atoms with Crippen LogP contribution in [0.3, 0.4) is 0 Å². The number of carbonyl (C=O) groups excluding carboxylic acids is 2. The zero-order valence-electron chi connectivity index (χ0n) is 15.3. The van der Waals surface area contributed by atoms with Gasteiger partial charge in [-0.25, -0.2) is 4.79 Å². The Labute approximate surface area is 161 Å². The molecule has 1 unspecified atom stereocenters. The predicted octanol–water partition coefficient (Wildman–Crippen LogP) is 3.28. The summed E-state index contributed by atoms with van der Waals surface area (Å²) in [5.41, 5.74) is 0.524. The Morgan fingerprint density at radius 3 is 2.61 bits per heavy atom. The third-order valence-corrected chi connectivity index (χ3v) is 4.99. The van der Waals surface area contributed by atoms with Gasteiger partial charge in [-0.3, -0.25) is 9.59 Å². The number of hydrogen-bond acceptors (Lipinski definition) is 4. The van der Waals surface area contributed by atoms with Crippen molar-refractivity contribution in [3.05, 3.63) is 76.6 Å². The molecule has 1 aliphatic rings. The fourth-order valence-electron chi connectivity index (χ4n) is 3.52. The van der Waals surface area contributed by atoms with Crippen molar-refractivity contribution in [2.24, 2.45) is 5.92 Å². The van der Waals surface area contributed by atoms with Gasteiger partial charge in [0.05, 0.1) is 5.92 Å². The van der Waals surface area contributed by atoms with Gasteiger partial charge in [-0.05, 0) is 37.1 Å². The van der Waals surface area contributed by atoms with Gasteiger partial charge in [0, 0.05) is 24.2 Å². The first kappa shape index (κ1) is 18.0. The second-order valence-corrected chi connectivity index (χ2v) is 6.93. The number of hydrogen-bond donors (Lipinski definition) is 1. The van der Waals surface area contributed by atoms with Crippen LogP contribution in [0, 0.1) is 5.92 Å². The summed E-state index contributed by atoms with van der Waals surface area (Å²) in [6.45, 7) is 0.796. The Kier molecular flexibility index (Phi) is 4.93. The summed E-state index contributed by atoms with van der Waals surface area (Å²) in [7, 11) is 0. The van der Waals surface area contributed by atoms with E-state index in [-0.39, 0.29) is 23.9 Å². The number of carbonyl (C=O) groups is 2. The first-order valence-corrected chi connectivity index (χ1v) is 9.30. The second-order valence-electron chi connectivity index (χ2n) is 6.93. The lowest BCUT2D eigenvalue weighted by Crippen LogP contribution is -2.44. The van der Waals surface area contributed by atoms with Crippen LogP contribution in [0.15, 0.2) is 69.9 Å². The maximum absolute atomic E-state index is 12.9. The molecule has 1 N–H and O–H groups in total. The van der Waals surface area contributed by atoms with E-state index in [9.17, 15) is 14.4 Å². The van der Waals surface area contributed by atoms with E-state index < -0.39 is 11.5 Å². The Morgan fingerprint density at radius 1 is 1.04 bits per heavy atom. The van der Waals surface area contributed by atoms with Crippen LogP contribution in [0.1, 0.15) is 23.2 Å². The van der Waals surface area contributed by atoms with Crippen molar-refractivity contribution in [2.75, 3.05) is 18.4 Å². The molecule has 6 heteroatoms. The third kappa shape index (κ3) is 3.67. The minimum atomic E-state index is -0.653. The molecule has 2 amide bonds. The number of piperidine rings is 1. The van der Waals surface area contributed by atoms with Crippen LogP contribution < -0.4 is 10.9 Å². The highest BCUT2D eigenvalue weighted by Gasteiger charge is 2.30. The highest BCUT2D eigenvalue weighted by atomic mass is 16.4. The molecule has 1 fully saturated rings. The van der Waals surface area contributed by atoms with E-state index in [2.05, 4.69) is 5.32 Å². The van der Waals surface area contributed by atoms with Crippen molar-refractivity contribution in [1.82, 2.24) is 4.90 Å². The molecule has 1 atom stereocenters. The van der Waals surface area contributed by atoms with Crippen LogP contribution in [0.25, 0.3) is 11.0 Å². The topological polar surface area (TPSA) is 79.6 Å². The monoisotopic (exact) mass is 376 g/mol. The van der Waals surface area contributed by atoms with Crippen LogP contribution in [0.5, 0.6) is 0 Å². The van der Waals surface area contributed by atoms with Gasteiger partial charge in [-0.15, -0.1) is 0 Å². The third-order valence-electron chi connectivity index (χ3n) is 4.99. The van der Waals surface area contributed by atoms with Gasteiger partial charge in [-0.1, -0.05) is 36.4 Å². The normalized spacial score (nSPS) is 16.7. The average Bonchev–Trinajstić information content (AvgIpc) is 2.73. The van der Waals surface area contributed by atoms with E-state index in [1.807, 2.05) is 36.4 Å². The summed E-state index contributed by atoms with van der Waals surface area (Å²) in [5, 5.41) is 3.58. The molecule has 28 heavy (non-hydrogen) atoms. The van der Waals surface area contributed by atoms with E-state index in [4.69, 9.17) is 4.42 Å². The predicted molar refractivity (Wildman–Crippen MR) is 106 cm³/mol. The van der Waals surface area contributed by atoms with Gasteiger partial charge < -0.3 is 14.6 Å². The molecule has 3 aromatic rings. The zero-order valence-corrected chi connectivity index (χ0v) is 15.3. The molecule has 0 bridgehead atoms. The number of amides is 2. The van der Waals surface area contributed by atoms with Gasteiger partial charge in [0.15, 0.2) is 0 Å². The van der Waals surface area contributed by atoms with Gasteiger partial charge in [-0.2, -0.15) is 0 Å². The SMILES string of the molecule is O=C(Nc1ccccc1)C1CCCN(C(=O)c2cc3ccccc3oc2=O)C1. The molecule has 2 heterocycles. The molecule has 1 aliphatic heterocycles. The molecule has 1 aromatic heterocycles.